The molecule has 0 bridgehead atoms. The highest BCUT2D eigenvalue weighted by molar-refractivity contribution is 6.33. The highest BCUT2D eigenvalue weighted by Gasteiger charge is 2.14. The first kappa shape index (κ1) is 17.5. The van der Waals surface area contributed by atoms with E-state index in [4.69, 9.17) is 17.3 Å². The van der Waals surface area contributed by atoms with Crippen LogP contribution in [0.3, 0.4) is 0 Å². The average Bonchev–Trinajstić information content (AvgIpc) is 2.40. The van der Waals surface area contributed by atoms with Crippen molar-refractivity contribution in [1.82, 2.24) is 4.90 Å². The summed E-state index contributed by atoms with van der Waals surface area (Å²) in [5, 5.41) is 3.10. The van der Waals surface area contributed by atoms with Crippen LogP contribution in [0.1, 0.15) is 36.5 Å². The molecule has 0 fully saturated rings. The van der Waals surface area contributed by atoms with Gasteiger partial charge in [-0.1, -0.05) is 24.9 Å². The molecule has 3 N–H and O–H groups in total. The summed E-state index contributed by atoms with van der Waals surface area (Å²) in [6.45, 7) is 2.02. The molecule has 0 heterocycles. The van der Waals surface area contributed by atoms with Gasteiger partial charge in [-0.3, -0.25) is 9.59 Å². The summed E-state index contributed by atoms with van der Waals surface area (Å²) >= 11 is 6.05. The minimum Gasteiger partial charge on any atom is -0.345 e. The van der Waals surface area contributed by atoms with Gasteiger partial charge in [0.25, 0.3) is 5.91 Å². The SMILES string of the molecule is CCCC(N)CC(=O)Nc1cc(C(=O)N(C)C)ccc1Cl. The van der Waals surface area contributed by atoms with E-state index in [2.05, 4.69) is 5.32 Å². The molecule has 2 amide bonds. The Balaban J connectivity index is 2.80. The summed E-state index contributed by atoms with van der Waals surface area (Å²) in [6, 6.07) is 4.64. The minimum atomic E-state index is -0.202. The number of benzene rings is 1. The van der Waals surface area contributed by atoms with Gasteiger partial charge in [0, 0.05) is 32.1 Å². The number of nitrogens with zero attached hydrogens (tertiary/aromatic N) is 1. The van der Waals surface area contributed by atoms with E-state index in [9.17, 15) is 9.59 Å². The molecule has 0 saturated carbocycles. The lowest BCUT2D eigenvalue weighted by Crippen LogP contribution is -2.27. The summed E-state index contributed by atoms with van der Waals surface area (Å²) < 4.78 is 0. The average molecular weight is 312 g/mol. The lowest BCUT2D eigenvalue weighted by Gasteiger charge is -2.14. The number of carbonyl (C=O) groups excluding carboxylic acids is 2. The Morgan fingerprint density at radius 3 is 2.62 bits per heavy atom. The largest absolute Gasteiger partial charge is 0.345 e. The number of rotatable bonds is 6. The van der Waals surface area contributed by atoms with E-state index in [1.54, 1.807) is 32.3 Å². The molecule has 1 rings (SSSR count). The Morgan fingerprint density at radius 1 is 1.38 bits per heavy atom. The molecule has 0 aliphatic carbocycles. The zero-order valence-corrected chi connectivity index (χ0v) is 13.4. The normalized spacial score (nSPS) is 11.9. The van der Waals surface area contributed by atoms with Crippen molar-refractivity contribution >= 4 is 29.1 Å². The van der Waals surface area contributed by atoms with Gasteiger partial charge in [-0.25, -0.2) is 0 Å². The number of carbonyl (C=O) groups is 2. The maximum absolute atomic E-state index is 11.9. The van der Waals surface area contributed by atoms with Crippen molar-refractivity contribution in [1.29, 1.82) is 0 Å². The minimum absolute atomic E-state index is 0.148. The van der Waals surface area contributed by atoms with Crippen molar-refractivity contribution in [3.8, 4) is 0 Å². The molecule has 1 unspecified atom stereocenters. The van der Waals surface area contributed by atoms with Crippen molar-refractivity contribution in [2.75, 3.05) is 19.4 Å². The second-order valence-electron chi connectivity index (χ2n) is 5.20. The number of nitrogens with one attached hydrogen (secondary N) is 1. The monoisotopic (exact) mass is 311 g/mol. The van der Waals surface area contributed by atoms with Gasteiger partial charge in [-0.2, -0.15) is 0 Å². The lowest BCUT2D eigenvalue weighted by molar-refractivity contribution is -0.116. The molecule has 0 aliphatic heterocycles. The zero-order valence-electron chi connectivity index (χ0n) is 12.6. The fraction of sp³-hybridized carbons (Fsp3) is 0.467. The van der Waals surface area contributed by atoms with E-state index in [0.717, 1.165) is 12.8 Å². The molecule has 1 aromatic rings. The van der Waals surface area contributed by atoms with Crippen LogP contribution in [0.5, 0.6) is 0 Å². The van der Waals surface area contributed by atoms with E-state index in [1.165, 1.54) is 4.90 Å². The summed E-state index contributed by atoms with van der Waals surface area (Å²) in [5.41, 5.74) is 6.74. The predicted molar refractivity (Wildman–Crippen MR) is 85.6 cm³/mol. The molecule has 0 saturated heterocycles. The molecule has 1 aromatic carbocycles. The summed E-state index contributed by atoms with van der Waals surface area (Å²) in [4.78, 5) is 25.3. The van der Waals surface area contributed by atoms with Crippen molar-refractivity contribution in [2.24, 2.45) is 5.73 Å². The Labute approximate surface area is 130 Å². The third-order valence-corrected chi connectivity index (χ3v) is 3.33. The van der Waals surface area contributed by atoms with Crippen LogP contribution in [0.25, 0.3) is 0 Å². The predicted octanol–water partition coefficient (Wildman–Crippen LogP) is 2.50. The first-order valence-electron chi connectivity index (χ1n) is 6.91. The van der Waals surface area contributed by atoms with Gasteiger partial charge in [0.1, 0.15) is 0 Å². The second kappa shape index (κ2) is 8.00. The van der Waals surface area contributed by atoms with Crippen LogP contribution in [-0.4, -0.2) is 36.9 Å². The van der Waals surface area contributed by atoms with Crippen LogP contribution < -0.4 is 11.1 Å². The van der Waals surface area contributed by atoms with Crippen molar-refractivity contribution in [3.05, 3.63) is 28.8 Å². The lowest BCUT2D eigenvalue weighted by atomic mass is 10.1. The van der Waals surface area contributed by atoms with Gasteiger partial charge in [-0.15, -0.1) is 0 Å². The molecule has 1 atom stereocenters. The number of anilines is 1. The third kappa shape index (κ3) is 5.36. The summed E-state index contributed by atoms with van der Waals surface area (Å²) in [7, 11) is 3.33. The maximum Gasteiger partial charge on any atom is 0.253 e. The van der Waals surface area contributed by atoms with Gasteiger partial charge in [-0.05, 0) is 24.6 Å². The van der Waals surface area contributed by atoms with Crippen LogP contribution in [0, 0.1) is 0 Å². The highest BCUT2D eigenvalue weighted by Crippen LogP contribution is 2.24. The molecule has 0 aromatic heterocycles. The smallest absolute Gasteiger partial charge is 0.253 e. The van der Waals surface area contributed by atoms with Crippen LogP contribution >= 0.6 is 11.6 Å². The maximum atomic E-state index is 11.9. The van der Waals surface area contributed by atoms with Crippen molar-refractivity contribution < 1.29 is 9.59 Å². The molecule has 5 nitrogen and oxygen atoms in total. The summed E-state index contributed by atoms with van der Waals surface area (Å²) in [6.07, 6.45) is 1.96. The van der Waals surface area contributed by atoms with E-state index >= 15 is 0 Å². The number of amides is 2. The van der Waals surface area contributed by atoms with E-state index in [-0.39, 0.29) is 24.3 Å². The van der Waals surface area contributed by atoms with Crippen molar-refractivity contribution in [3.63, 3.8) is 0 Å². The molecular formula is C15H22ClN3O2. The molecule has 0 spiro atoms. The molecule has 116 valence electrons. The van der Waals surface area contributed by atoms with Gasteiger partial charge in [0.15, 0.2) is 0 Å². The fourth-order valence-electron chi connectivity index (χ4n) is 1.92. The zero-order chi connectivity index (χ0) is 16.0. The Hall–Kier alpha value is -1.59. The molecular weight excluding hydrogens is 290 g/mol. The number of halogens is 1. The Bertz CT molecular complexity index is 518. The van der Waals surface area contributed by atoms with Gasteiger partial charge in [0.05, 0.1) is 10.7 Å². The van der Waals surface area contributed by atoms with Gasteiger partial charge in [0.2, 0.25) is 5.91 Å². The Morgan fingerprint density at radius 2 is 2.05 bits per heavy atom. The molecule has 0 radical (unpaired) electrons. The highest BCUT2D eigenvalue weighted by atomic mass is 35.5. The van der Waals surface area contributed by atoms with Gasteiger partial charge < -0.3 is 16.0 Å². The first-order chi connectivity index (χ1) is 9.85. The van der Waals surface area contributed by atoms with Crippen LogP contribution in [-0.2, 0) is 4.79 Å². The molecule has 6 heteroatoms. The summed E-state index contributed by atoms with van der Waals surface area (Å²) in [5.74, 6) is -0.350. The van der Waals surface area contributed by atoms with E-state index < -0.39 is 0 Å². The number of nitrogens with two attached hydrogens (primary N) is 1. The topological polar surface area (TPSA) is 75.4 Å². The first-order valence-corrected chi connectivity index (χ1v) is 7.29. The second-order valence-corrected chi connectivity index (χ2v) is 5.60. The van der Waals surface area contributed by atoms with E-state index in [1.807, 2.05) is 6.92 Å². The standard InChI is InChI=1S/C15H22ClN3O2/c1-4-5-11(17)9-14(20)18-13-8-10(6-7-12(13)16)15(21)19(2)3/h6-8,11H,4-5,9,17H2,1-3H3,(H,18,20). The van der Waals surface area contributed by atoms with Crippen LogP contribution in [0.4, 0.5) is 5.69 Å². The van der Waals surface area contributed by atoms with Crippen LogP contribution in [0.2, 0.25) is 5.02 Å². The Kier molecular flexibility index (Phi) is 6.65. The molecule has 21 heavy (non-hydrogen) atoms. The van der Waals surface area contributed by atoms with Gasteiger partial charge >= 0.3 is 0 Å². The molecule has 0 aliphatic rings. The fourth-order valence-corrected chi connectivity index (χ4v) is 2.09. The van der Waals surface area contributed by atoms with E-state index in [0.29, 0.717) is 16.3 Å². The number of hydrogen-bond donors (Lipinski definition) is 2. The van der Waals surface area contributed by atoms with Crippen LogP contribution in [0.15, 0.2) is 18.2 Å². The van der Waals surface area contributed by atoms with Crippen molar-refractivity contribution in [2.45, 2.75) is 32.2 Å². The quantitative estimate of drug-likeness (QED) is 0.847. The number of hydrogen-bond acceptors (Lipinski definition) is 3. The third-order valence-electron chi connectivity index (χ3n) is 3.00.